The van der Waals surface area contributed by atoms with Crippen molar-refractivity contribution in [3.8, 4) is 28.6 Å². The molecule has 2 aromatic carbocycles. The molecule has 0 atom stereocenters. The quantitative estimate of drug-likeness (QED) is 0.433. The third kappa shape index (κ3) is 2.51. The number of halogens is 3. The van der Waals surface area contributed by atoms with E-state index in [2.05, 4.69) is 9.97 Å². The van der Waals surface area contributed by atoms with Crippen LogP contribution in [-0.2, 0) is 0 Å². The van der Waals surface area contributed by atoms with Crippen molar-refractivity contribution in [2.45, 2.75) is 0 Å². The van der Waals surface area contributed by atoms with Crippen LogP contribution in [0.15, 0.2) is 36.4 Å². The molecule has 26 heavy (non-hydrogen) atoms. The van der Waals surface area contributed by atoms with Gasteiger partial charge in [0.15, 0.2) is 17.2 Å². The zero-order valence-electron chi connectivity index (χ0n) is 13.0. The maximum atomic E-state index is 10.2. The first-order valence-corrected chi connectivity index (χ1v) is 8.26. The van der Waals surface area contributed by atoms with Crippen molar-refractivity contribution in [2.75, 3.05) is 6.79 Å². The van der Waals surface area contributed by atoms with Crippen LogP contribution >= 0.6 is 35.6 Å². The first-order valence-electron chi connectivity index (χ1n) is 7.50. The molecule has 4 aromatic rings. The summed E-state index contributed by atoms with van der Waals surface area (Å²) in [6.07, 6.45) is 0. The van der Waals surface area contributed by atoms with Crippen molar-refractivity contribution >= 4 is 57.4 Å². The lowest BCUT2D eigenvalue weighted by molar-refractivity contribution is 0.174. The molecule has 2 aromatic heterocycles. The highest BCUT2D eigenvalue weighted by atomic mass is 35.5. The molecule has 0 radical (unpaired) electrons. The normalized spacial score (nSPS) is 12.5. The van der Waals surface area contributed by atoms with Gasteiger partial charge in [0, 0.05) is 22.4 Å². The molecule has 5 nitrogen and oxygen atoms in total. The highest BCUT2D eigenvalue weighted by Gasteiger charge is 2.17. The topological polar surface area (TPSA) is 67.4 Å². The molecular weight excluding hydrogens is 399 g/mol. The molecule has 1 aliphatic heterocycles. The van der Waals surface area contributed by atoms with E-state index in [0.29, 0.717) is 27.4 Å². The molecule has 3 heterocycles. The molecule has 132 valence electrons. The first kappa shape index (κ1) is 17.1. The molecule has 0 fully saturated rings. The lowest BCUT2D eigenvalue weighted by Crippen LogP contribution is -1.92. The number of H-pyrrole nitrogens is 1. The van der Waals surface area contributed by atoms with Crippen LogP contribution in [-0.4, -0.2) is 21.9 Å². The Morgan fingerprint density at radius 2 is 1.77 bits per heavy atom. The Balaban J connectivity index is 0.00000168. The number of hydrogen-bond donors (Lipinski definition) is 2. The Bertz CT molecular complexity index is 1130. The number of nitrogens with zero attached hydrogens (tertiary/aromatic N) is 1. The summed E-state index contributed by atoms with van der Waals surface area (Å²) in [5.41, 5.74) is 2.74. The molecule has 0 aliphatic carbocycles. The fourth-order valence-electron chi connectivity index (χ4n) is 3.01. The van der Waals surface area contributed by atoms with Gasteiger partial charge in [-0.3, -0.25) is 0 Å². The molecule has 0 saturated carbocycles. The third-order valence-corrected chi connectivity index (χ3v) is 4.85. The number of phenolic OH excluding ortho intramolecular Hbond substituents is 1. The number of pyridine rings is 1. The molecule has 0 amide bonds. The Hall–Kier alpha value is -2.34. The summed E-state index contributed by atoms with van der Waals surface area (Å²) in [6, 6.07) is 10.9. The standard InChI is InChI=1S/C18H10Cl2N2O3.ClH/c19-10-5-11(20)18(23)17-9(10)1-2-12(22-17)14-3-8-4-15-16(25-7-24-15)6-13(8)21-14;/h1-6,21,23H,7H2;1H. The molecule has 0 spiro atoms. The fourth-order valence-corrected chi connectivity index (χ4v) is 3.53. The second-order valence-corrected chi connectivity index (χ2v) is 6.57. The van der Waals surface area contributed by atoms with Gasteiger partial charge in [0.1, 0.15) is 5.52 Å². The van der Waals surface area contributed by atoms with Gasteiger partial charge in [0.25, 0.3) is 0 Å². The van der Waals surface area contributed by atoms with Crippen molar-refractivity contribution in [1.82, 2.24) is 9.97 Å². The van der Waals surface area contributed by atoms with Crippen molar-refractivity contribution in [2.24, 2.45) is 0 Å². The SMILES string of the molecule is Cl.Oc1c(Cl)cc(Cl)c2ccc(-c3cc4cc5c(cc4[nH]3)OCO5)nc12. The Morgan fingerprint density at radius 3 is 2.58 bits per heavy atom. The van der Waals surface area contributed by atoms with E-state index in [1.54, 1.807) is 0 Å². The van der Waals surface area contributed by atoms with Gasteiger partial charge in [-0.2, -0.15) is 0 Å². The van der Waals surface area contributed by atoms with E-state index in [4.69, 9.17) is 32.7 Å². The van der Waals surface area contributed by atoms with E-state index in [1.807, 2.05) is 30.3 Å². The van der Waals surface area contributed by atoms with Crippen LogP contribution in [0.5, 0.6) is 17.2 Å². The summed E-state index contributed by atoms with van der Waals surface area (Å²) < 4.78 is 10.8. The first-order chi connectivity index (χ1) is 12.1. The third-order valence-electron chi connectivity index (χ3n) is 4.25. The van der Waals surface area contributed by atoms with Gasteiger partial charge in [-0.1, -0.05) is 23.2 Å². The number of benzene rings is 2. The zero-order valence-corrected chi connectivity index (χ0v) is 15.4. The van der Waals surface area contributed by atoms with Crippen LogP contribution in [0.1, 0.15) is 0 Å². The molecule has 5 rings (SSSR count). The molecule has 0 bridgehead atoms. The summed E-state index contributed by atoms with van der Waals surface area (Å²) in [6.45, 7) is 0.238. The average Bonchev–Trinajstić information content (AvgIpc) is 3.22. The van der Waals surface area contributed by atoms with Crippen molar-refractivity contribution < 1.29 is 14.6 Å². The highest BCUT2D eigenvalue weighted by Crippen LogP contribution is 2.39. The number of aromatic hydroxyl groups is 1. The second kappa shape index (κ2) is 6.13. The molecule has 2 N–H and O–H groups in total. The van der Waals surface area contributed by atoms with Crippen LogP contribution in [0.3, 0.4) is 0 Å². The summed E-state index contributed by atoms with van der Waals surface area (Å²) in [4.78, 5) is 7.84. The minimum absolute atomic E-state index is 0. The smallest absolute Gasteiger partial charge is 0.231 e. The van der Waals surface area contributed by atoms with Crippen molar-refractivity contribution in [3.63, 3.8) is 0 Å². The monoisotopic (exact) mass is 408 g/mol. The van der Waals surface area contributed by atoms with E-state index in [-0.39, 0.29) is 30.0 Å². The van der Waals surface area contributed by atoms with E-state index in [9.17, 15) is 5.11 Å². The van der Waals surface area contributed by atoms with Gasteiger partial charge < -0.3 is 19.6 Å². The number of hydrogen-bond acceptors (Lipinski definition) is 4. The lowest BCUT2D eigenvalue weighted by atomic mass is 10.1. The number of phenols is 1. The average molecular weight is 410 g/mol. The Kier molecular flexibility index (Phi) is 4.03. The number of aromatic nitrogens is 2. The Morgan fingerprint density at radius 1 is 1.00 bits per heavy atom. The van der Waals surface area contributed by atoms with Gasteiger partial charge in [-0.15, -0.1) is 12.4 Å². The van der Waals surface area contributed by atoms with Gasteiger partial charge in [-0.05, 0) is 30.3 Å². The van der Waals surface area contributed by atoms with Crippen molar-refractivity contribution in [1.29, 1.82) is 0 Å². The minimum atomic E-state index is -0.0835. The van der Waals surface area contributed by atoms with Gasteiger partial charge in [-0.25, -0.2) is 4.98 Å². The van der Waals surface area contributed by atoms with Crippen LogP contribution in [0, 0.1) is 0 Å². The molecule has 0 saturated heterocycles. The van der Waals surface area contributed by atoms with E-state index in [0.717, 1.165) is 22.3 Å². The number of ether oxygens (including phenoxy) is 2. The molecular formula is C18H11Cl3N2O3. The maximum Gasteiger partial charge on any atom is 0.231 e. The number of aromatic amines is 1. The summed E-state index contributed by atoms with van der Waals surface area (Å²) in [5.74, 6) is 1.35. The predicted octanol–water partition coefficient (Wildman–Crippen LogP) is 5.55. The number of fused-ring (bicyclic) bond motifs is 3. The van der Waals surface area contributed by atoms with Crippen LogP contribution in [0.2, 0.25) is 10.0 Å². The lowest BCUT2D eigenvalue weighted by Gasteiger charge is -2.06. The van der Waals surface area contributed by atoms with Crippen LogP contribution in [0.25, 0.3) is 33.2 Å². The molecule has 8 heteroatoms. The van der Waals surface area contributed by atoms with E-state index < -0.39 is 0 Å². The van der Waals surface area contributed by atoms with Gasteiger partial charge in [0.2, 0.25) is 6.79 Å². The summed E-state index contributed by atoms with van der Waals surface area (Å²) >= 11 is 12.2. The van der Waals surface area contributed by atoms with Gasteiger partial charge >= 0.3 is 0 Å². The zero-order chi connectivity index (χ0) is 17.1. The summed E-state index contributed by atoms with van der Waals surface area (Å²) in [7, 11) is 0. The summed E-state index contributed by atoms with van der Waals surface area (Å²) in [5, 5.41) is 12.4. The number of rotatable bonds is 1. The highest BCUT2D eigenvalue weighted by molar-refractivity contribution is 6.39. The maximum absolute atomic E-state index is 10.2. The molecule has 1 aliphatic rings. The van der Waals surface area contributed by atoms with Gasteiger partial charge in [0.05, 0.1) is 21.4 Å². The minimum Gasteiger partial charge on any atom is -0.504 e. The van der Waals surface area contributed by atoms with Crippen molar-refractivity contribution in [3.05, 3.63) is 46.4 Å². The Labute approximate surface area is 163 Å². The predicted molar refractivity (Wildman–Crippen MR) is 104 cm³/mol. The second-order valence-electron chi connectivity index (χ2n) is 5.76. The molecule has 0 unspecified atom stereocenters. The number of nitrogens with one attached hydrogen (secondary N) is 1. The van der Waals surface area contributed by atoms with Crippen LogP contribution in [0.4, 0.5) is 0 Å². The van der Waals surface area contributed by atoms with E-state index in [1.165, 1.54) is 6.07 Å². The van der Waals surface area contributed by atoms with Crippen LogP contribution < -0.4 is 9.47 Å². The van der Waals surface area contributed by atoms with E-state index >= 15 is 0 Å². The largest absolute Gasteiger partial charge is 0.504 e. The fraction of sp³-hybridized carbons (Fsp3) is 0.0556.